The number of benzene rings is 1. The van der Waals surface area contributed by atoms with Crippen LogP contribution in [0.5, 0.6) is 5.88 Å². The van der Waals surface area contributed by atoms with Crippen LogP contribution in [-0.2, 0) is 15.6 Å². The third kappa shape index (κ3) is 3.66. The molecule has 2 aromatic rings. The zero-order chi connectivity index (χ0) is 17.7. The Morgan fingerprint density at radius 1 is 1.33 bits per heavy atom. The van der Waals surface area contributed by atoms with Gasteiger partial charge in [0.15, 0.2) is 15.9 Å². The Balaban J connectivity index is 2.41. The molecule has 0 bridgehead atoms. The Kier molecular flexibility index (Phi) is 5.09. The number of methoxy groups -OCH3 is 1. The molecule has 122 valence electrons. The average molecular weight is 342 g/mol. The second kappa shape index (κ2) is 7.04. The van der Waals surface area contributed by atoms with Crippen LogP contribution in [-0.4, -0.2) is 26.5 Å². The maximum atomic E-state index is 12.5. The lowest BCUT2D eigenvalue weighted by Gasteiger charge is -2.07. The lowest BCUT2D eigenvalue weighted by molar-refractivity contribution is -0.642. The molecule has 0 unspecified atom stereocenters. The Morgan fingerprint density at radius 2 is 2.00 bits per heavy atom. The first-order valence-corrected chi connectivity index (χ1v) is 8.49. The minimum Gasteiger partial charge on any atom is -0.757 e. The normalized spacial score (nSPS) is 10.5. The van der Waals surface area contributed by atoms with Gasteiger partial charge in [-0.3, -0.25) is 0 Å². The van der Waals surface area contributed by atoms with Crippen molar-refractivity contribution in [2.75, 3.05) is 7.11 Å². The fourth-order valence-electron chi connectivity index (χ4n) is 1.99. The summed E-state index contributed by atoms with van der Waals surface area (Å²) in [6.45, 7) is 1.87. The molecule has 8 heteroatoms. The standard InChI is InChI=1S/C16H14N4O3S/c1-12-3-5-15(6-4-12)24(21,22)11-13-7-8-20(14(9-17)10-18)19-16(13)23-2/h3-8H,11H2,1-2H3. The first-order valence-electron chi connectivity index (χ1n) is 6.84. The van der Waals surface area contributed by atoms with Crippen molar-refractivity contribution in [3.05, 3.63) is 53.1 Å². The van der Waals surface area contributed by atoms with Crippen LogP contribution in [0.4, 0.5) is 0 Å². The summed E-state index contributed by atoms with van der Waals surface area (Å²) in [6.07, 6.45) is 1.35. The van der Waals surface area contributed by atoms with Crippen LogP contribution in [0.2, 0.25) is 0 Å². The second-order valence-corrected chi connectivity index (χ2v) is 6.93. The Labute approximate surface area is 139 Å². The van der Waals surface area contributed by atoms with Crippen molar-refractivity contribution in [2.45, 2.75) is 17.6 Å². The zero-order valence-electron chi connectivity index (χ0n) is 13.1. The Hall–Kier alpha value is -3.01. The monoisotopic (exact) mass is 342 g/mol. The van der Waals surface area contributed by atoms with Crippen molar-refractivity contribution >= 4 is 21.4 Å². The van der Waals surface area contributed by atoms with Crippen molar-refractivity contribution in [3.63, 3.8) is 0 Å². The summed E-state index contributed by atoms with van der Waals surface area (Å²) in [7, 11) is -2.23. The predicted molar refractivity (Wildman–Crippen MR) is 86.7 cm³/mol. The maximum absolute atomic E-state index is 12.5. The summed E-state index contributed by atoms with van der Waals surface area (Å²) in [5.74, 6) is 1.43. The highest BCUT2D eigenvalue weighted by Gasteiger charge is 2.22. The molecule has 0 saturated heterocycles. The summed E-state index contributed by atoms with van der Waals surface area (Å²) >= 11 is 0. The molecule has 0 aliphatic carbocycles. The molecule has 2 rings (SSSR count). The summed E-state index contributed by atoms with van der Waals surface area (Å²) < 4.78 is 31.2. The van der Waals surface area contributed by atoms with Crippen LogP contribution < -0.4 is 9.42 Å². The molecular weight excluding hydrogens is 328 g/mol. The van der Waals surface area contributed by atoms with Gasteiger partial charge in [0.25, 0.3) is 5.88 Å². The van der Waals surface area contributed by atoms with Gasteiger partial charge in [0.2, 0.25) is 6.20 Å². The fraction of sp³-hybridized carbons (Fsp3) is 0.188. The number of nitrogens with zero attached hydrogens (tertiary/aromatic N) is 4. The van der Waals surface area contributed by atoms with Crippen molar-refractivity contribution in [1.82, 2.24) is 5.10 Å². The van der Waals surface area contributed by atoms with E-state index < -0.39 is 9.84 Å². The van der Waals surface area contributed by atoms with Crippen LogP contribution in [0.15, 0.2) is 41.4 Å². The molecule has 0 fully saturated rings. The molecule has 0 spiro atoms. The van der Waals surface area contributed by atoms with Gasteiger partial charge in [-0.1, -0.05) is 17.7 Å². The summed E-state index contributed by atoms with van der Waals surface area (Å²) in [5, 5.41) is 21.7. The van der Waals surface area contributed by atoms with Crippen LogP contribution in [0.1, 0.15) is 11.1 Å². The van der Waals surface area contributed by atoms with E-state index >= 15 is 0 Å². The smallest absolute Gasteiger partial charge is 0.335 e. The number of nitriles is 1. The number of aryl methyl sites for hydroxylation is 1. The van der Waals surface area contributed by atoms with E-state index in [1.54, 1.807) is 36.2 Å². The molecular formula is C16H14N4O3S. The van der Waals surface area contributed by atoms with Crippen molar-refractivity contribution in [1.29, 1.82) is 5.26 Å². The topological polar surface area (TPSA) is 106 Å². The molecule has 1 heterocycles. The van der Waals surface area contributed by atoms with E-state index in [4.69, 9.17) is 15.4 Å². The van der Waals surface area contributed by atoms with E-state index in [1.165, 1.54) is 19.4 Å². The molecule has 0 aliphatic rings. The minimum absolute atomic E-state index is 0.0381. The van der Waals surface area contributed by atoms with Crippen molar-refractivity contribution in [2.24, 2.45) is 0 Å². The number of ether oxygens (including phenoxy) is 1. The van der Waals surface area contributed by atoms with E-state index in [9.17, 15) is 8.42 Å². The highest BCUT2D eigenvalue weighted by Crippen LogP contribution is 2.21. The van der Waals surface area contributed by atoms with Crippen molar-refractivity contribution in [3.8, 4) is 11.9 Å². The van der Waals surface area contributed by atoms with Gasteiger partial charge in [-0.2, -0.15) is 11.1 Å². The quantitative estimate of drug-likeness (QED) is 0.462. The van der Waals surface area contributed by atoms with Gasteiger partial charge in [-0.15, -0.1) is 0 Å². The fourth-order valence-corrected chi connectivity index (χ4v) is 3.34. The molecule has 0 aliphatic heterocycles. The molecule has 7 nitrogen and oxygen atoms in total. The van der Waals surface area contributed by atoms with Gasteiger partial charge >= 0.3 is 5.70 Å². The first-order chi connectivity index (χ1) is 11.4. The maximum Gasteiger partial charge on any atom is 0.335 e. The van der Waals surface area contributed by atoms with Crippen LogP contribution >= 0.6 is 0 Å². The summed E-state index contributed by atoms with van der Waals surface area (Å²) in [5.41, 5.74) is 1.05. The lowest BCUT2D eigenvalue weighted by atomic mass is 10.2. The van der Waals surface area contributed by atoms with Gasteiger partial charge in [0.1, 0.15) is 0 Å². The second-order valence-electron chi connectivity index (χ2n) is 4.94. The summed E-state index contributed by atoms with van der Waals surface area (Å²) in [4.78, 5) is 0.202. The molecule has 1 aromatic heterocycles. The largest absolute Gasteiger partial charge is 0.757 e. The third-order valence-electron chi connectivity index (χ3n) is 3.25. The molecule has 0 radical (unpaired) electrons. The molecule has 24 heavy (non-hydrogen) atoms. The number of hydrogen-bond acceptors (Lipinski definition) is 5. The van der Waals surface area contributed by atoms with E-state index in [2.05, 4.69) is 5.10 Å². The van der Waals surface area contributed by atoms with Crippen LogP contribution in [0.25, 0.3) is 11.1 Å². The SMILES string of the molecule is COc1n[n+](C(=C=[N-])C#N)ccc1CS(=O)(=O)c1ccc(C)cc1. The molecule has 1 aromatic carbocycles. The van der Waals surface area contributed by atoms with Gasteiger partial charge in [-0.05, 0) is 23.7 Å². The number of allylic oxidation sites excluding steroid dienone is 1. The van der Waals surface area contributed by atoms with E-state index in [1.807, 2.05) is 6.92 Å². The lowest BCUT2D eigenvalue weighted by Crippen LogP contribution is -2.36. The van der Waals surface area contributed by atoms with Gasteiger partial charge in [0, 0.05) is 16.7 Å². The summed E-state index contributed by atoms with van der Waals surface area (Å²) in [6, 6.07) is 9.71. The van der Waals surface area contributed by atoms with Gasteiger partial charge in [0.05, 0.1) is 17.8 Å². The number of aromatic nitrogens is 2. The number of rotatable bonds is 5. The van der Waals surface area contributed by atoms with E-state index in [0.29, 0.717) is 5.56 Å². The number of hydrogen-bond donors (Lipinski definition) is 0. The Morgan fingerprint density at radius 3 is 2.54 bits per heavy atom. The van der Waals surface area contributed by atoms with Gasteiger partial charge < -0.3 is 10.1 Å². The molecule has 0 N–H and O–H groups in total. The Bertz CT molecular complexity index is 954. The average Bonchev–Trinajstić information content (AvgIpc) is 2.57. The molecule has 0 amide bonds. The highest BCUT2D eigenvalue weighted by molar-refractivity contribution is 7.90. The van der Waals surface area contributed by atoms with E-state index in [-0.39, 0.29) is 22.2 Å². The minimum atomic E-state index is -3.57. The third-order valence-corrected chi connectivity index (χ3v) is 4.93. The zero-order valence-corrected chi connectivity index (χ0v) is 13.9. The first kappa shape index (κ1) is 17.3. The van der Waals surface area contributed by atoms with Crippen LogP contribution in [0, 0.1) is 18.3 Å². The van der Waals surface area contributed by atoms with Crippen LogP contribution in [0.3, 0.4) is 0 Å². The molecule has 0 saturated carbocycles. The van der Waals surface area contributed by atoms with Crippen molar-refractivity contribution < 1.29 is 17.8 Å². The van der Waals surface area contributed by atoms with Gasteiger partial charge in [-0.25, -0.2) is 8.42 Å². The predicted octanol–water partition coefficient (Wildman–Crippen LogP) is 1.26. The van der Waals surface area contributed by atoms with E-state index in [0.717, 1.165) is 10.2 Å². The highest BCUT2D eigenvalue weighted by atomic mass is 32.2. The number of sulfone groups is 1. The molecule has 0 atom stereocenters.